The van der Waals surface area contributed by atoms with Crippen LogP contribution in [-0.2, 0) is 23.1 Å². The highest BCUT2D eigenvalue weighted by Crippen LogP contribution is 2.23. The zero-order valence-electron chi connectivity index (χ0n) is 11.6. The number of thiophene rings is 1. The first kappa shape index (κ1) is 16.5. The van der Waals surface area contributed by atoms with Crippen molar-refractivity contribution in [3.63, 3.8) is 0 Å². The molecule has 1 heterocycles. The van der Waals surface area contributed by atoms with Gasteiger partial charge in [0.15, 0.2) is 0 Å². The molecule has 0 spiro atoms. The van der Waals surface area contributed by atoms with Crippen LogP contribution in [0.25, 0.3) is 0 Å². The summed E-state index contributed by atoms with van der Waals surface area (Å²) in [5, 5.41) is 7.21. The van der Waals surface area contributed by atoms with Crippen LogP contribution < -0.4 is 10.0 Å². The molecule has 1 aromatic carbocycles. The van der Waals surface area contributed by atoms with Crippen LogP contribution in [0.4, 0.5) is 0 Å². The highest BCUT2D eigenvalue weighted by molar-refractivity contribution is 7.89. The predicted octanol–water partition coefficient (Wildman–Crippen LogP) is 2.99. The minimum Gasteiger partial charge on any atom is -0.313 e. The second-order valence-electron chi connectivity index (χ2n) is 4.50. The zero-order chi connectivity index (χ0) is 15.3. The number of sulfonamides is 1. The Bertz CT molecular complexity index is 685. The van der Waals surface area contributed by atoms with Crippen LogP contribution in [-0.4, -0.2) is 15.0 Å². The summed E-state index contributed by atoms with van der Waals surface area (Å²) < 4.78 is 27.3. The van der Waals surface area contributed by atoms with E-state index in [1.165, 1.54) is 11.3 Å². The average molecular weight is 345 g/mol. The molecule has 2 rings (SSSR count). The van der Waals surface area contributed by atoms with Crippen molar-refractivity contribution in [2.24, 2.45) is 0 Å². The van der Waals surface area contributed by atoms with Gasteiger partial charge in [0.1, 0.15) is 4.90 Å². The van der Waals surface area contributed by atoms with Crippen molar-refractivity contribution in [1.82, 2.24) is 10.0 Å². The molecule has 0 radical (unpaired) electrons. The number of rotatable bonds is 7. The fourth-order valence-electron chi connectivity index (χ4n) is 1.78. The third-order valence-corrected chi connectivity index (χ3v) is 5.53. The summed E-state index contributed by atoms with van der Waals surface area (Å²) in [6, 6.07) is 6.94. The maximum Gasteiger partial charge on any atom is 0.242 e. The zero-order valence-corrected chi connectivity index (χ0v) is 14.0. The first-order valence-electron chi connectivity index (χ1n) is 6.53. The van der Waals surface area contributed by atoms with Crippen LogP contribution in [0.15, 0.2) is 39.9 Å². The Kier molecular flexibility index (Phi) is 5.78. The van der Waals surface area contributed by atoms with Gasteiger partial charge in [-0.25, -0.2) is 13.1 Å². The van der Waals surface area contributed by atoms with Crippen molar-refractivity contribution in [2.75, 3.05) is 6.54 Å². The number of hydrogen-bond acceptors (Lipinski definition) is 4. The Morgan fingerprint density at radius 1 is 1.19 bits per heavy atom. The van der Waals surface area contributed by atoms with Crippen molar-refractivity contribution in [1.29, 1.82) is 0 Å². The quantitative estimate of drug-likeness (QED) is 0.811. The second kappa shape index (κ2) is 7.38. The molecule has 0 saturated carbocycles. The first-order valence-corrected chi connectivity index (χ1v) is 9.33. The molecule has 0 aliphatic rings. The van der Waals surface area contributed by atoms with Gasteiger partial charge in [-0.1, -0.05) is 24.6 Å². The Labute approximate surface area is 134 Å². The van der Waals surface area contributed by atoms with Crippen molar-refractivity contribution in [3.05, 3.63) is 51.2 Å². The monoisotopic (exact) mass is 344 g/mol. The normalized spacial score (nSPS) is 11.7. The first-order chi connectivity index (χ1) is 10.0. The molecule has 0 bridgehead atoms. The van der Waals surface area contributed by atoms with Gasteiger partial charge in [-0.05, 0) is 46.6 Å². The molecule has 0 fully saturated rings. The summed E-state index contributed by atoms with van der Waals surface area (Å²) in [6.07, 6.45) is 0. The van der Waals surface area contributed by atoms with Crippen molar-refractivity contribution >= 4 is 33.0 Å². The van der Waals surface area contributed by atoms with Gasteiger partial charge >= 0.3 is 0 Å². The standard InChI is InChI=1S/C14H17ClN2O2S2/c1-2-16-8-11-3-4-13(15)14(7-11)21(18,19)17-9-12-5-6-20-10-12/h3-7,10,16-17H,2,8-9H2,1H3. The Morgan fingerprint density at radius 3 is 2.67 bits per heavy atom. The molecule has 0 atom stereocenters. The second-order valence-corrected chi connectivity index (χ2v) is 7.42. The Morgan fingerprint density at radius 2 is 2.00 bits per heavy atom. The third-order valence-electron chi connectivity index (χ3n) is 2.91. The number of benzene rings is 1. The summed E-state index contributed by atoms with van der Waals surface area (Å²) in [5.74, 6) is 0. The fraction of sp³-hybridized carbons (Fsp3) is 0.286. The van der Waals surface area contributed by atoms with E-state index in [2.05, 4.69) is 10.0 Å². The third kappa shape index (κ3) is 4.52. The summed E-state index contributed by atoms with van der Waals surface area (Å²) in [6.45, 7) is 3.69. The molecule has 0 saturated heterocycles. The van der Waals surface area contributed by atoms with Crippen LogP contribution in [0.1, 0.15) is 18.1 Å². The molecule has 0 amide bonds. The highest BCUT2D eigenvalue weighted by Gasteiger charge is 2.18. The van der Waals surface area contributed by atoms with E-state index >= 15 is 0 Å². The molecular weight excluding hydrogens is 328 g/mol. The van der Waals surface area contributed by atoms with Gasteiger partial charge in [0.25, 0.3) is 0 Å². The number of hydrogen-bond donors (Lipinski definition) is 2. The average Bonchev–Trinajstić information content (AvgIpc) is 2.97. The molecule has 7 heteroatoms. The van der Waals surface area contributed by atoms with E-state index in [9.17, 15) is 8.42 Å². The smallest absolute Gasteiger partial charge is 0.242 e. The van der Waals surface area contributed by atoms with Gasteiger partial charge in [0, 0.05) is 13.1 Å². The van der Waals surface area contributed by atoms with Gasteiger partial charge in [-0.3, -0.25) is 0 Å². The molecule has 0 aliphatic heterocycles. The lowest BCUT2D eigenvalue weighted by atomic mass is 10.2. The van der Waals surface area contributed by atoms with Gasteiger partial charge in [-0.2, -0.15) is 11.3 Å². The molecule has 2 N–H and O–H groups in total. The Hall–Kier alpha value is -0.920. The van der Waals surface area contributed by atoms with Crippen LogP contribution in [0.3, 0.4) is 0 Å². The van der Waals surface area contributed by atoms with Crippen LogP contribution in [0.5, 0.6) is 0 Å². The molecule has 21 heavy (non-hydrogen) atoms. The summed E-state index contributed by atoms with van der Waals surface area (Å²) in [5.41, 5.74) is 1.82. The Balaban J connectivity index is 2.17. The van der Waals surface area contributed by atoms with Crippen LogP contribution >= 0.6 is 22.9 Å². The van der Waals surface area contributed by atoms with Crippen molar-refractivity contribution in [2.45, 2.75) is 24.9 Å². The van der Waals surface area contributed by atoms with Crippen molar-refractivity contribution in [3.8, 4) is 0 Å². The highest BCUT2D eigenvalue weighted by atomic mass is 35.5. The van der Waals surface area contributed by atoms with E-state index in [1.54, 1.807) is 12.1 Å². The van der Waals surface area contributed by atoms with E-state index in [1.807, 2.05) is 29.8 Å². The van der Waals surface area contributed by atoms with Crippen LogP contribution in [0, 0.1) is 0 Å². The largest absolute Gasteiger partial charge is 0.313 e. The molecule has 114 valence electrons. The molecule has 2 aromatic rings. The maximum atomic E-state index is 12.4. The predicted molar refractivity (Wildman–Crippen MR) is 87.2 cm³/mol. The molecular formula is C14H17ClN2O2S2. The number of halogens is 1. The lowest BCUT2D eigenvalue weighted by molar-refractivity contribution is 0.581. The summed E-state index contributed by atoms with van der Waals surface area (Å²) >= 11 is 7.57. The summed E-state index contributed by atoms with van der Waals surface area (Å²) in [4.78, 5) is 0.120. The van der Waals surface area contributed by atoms with E-state index in [4.69, 9.17) is 11.6 Å². The molecule has 1 aromatic heterocycles. The van der Waals surface area contributed by atoms with E-state index < -0.39 is 10.0 Å². The molecule has 0 unspecified atom stereocenters. The fourth-order valence-corrected chi connectivity index (χ4v) is 4.02. The summed E-state index contributed by atoms with van der Waals surface area (Å²) in [7, 11) is -3.62. The van der Waals surface area contributed by atoms with E-state index in [0.717, 1.165) is 17.7 Å². The lowest BCUT2D eigenvalue weighted by Crippen LogP contribution is -2.23. The van der Waals surface area contributed by atoms with Crippen molar-refractivity contribution < 1.29 is 8.42 Å². The maximum absolute atomic E-state index is 12.4. The number of nitrogens with one attached hydrogen (secondary N) is 2. The van der Waals surface area contributed by atoms with Gasteiger partial charge in [0.2, 0.25) is 10.0 Å². The molecule has 4 nitrogen and oxygen atoms in total. The van der Waals surface area contributed by atoms with E-state index in [-0.39, 0.29) is 16.5 Å². The van der Waals surface area contributed by atoms with Gasteiger partial charge < -0.3 is 5.32 Å². The topological polar surface area (TPSA) is 58.2 Å². The van der Waals surface area contributed by atoms with E-state index in [0.29, 0.717) is 6.54 Å². The SMILES string of the molecule is CCNCc1ccc(Cl)c(S(=O)(=O)NCc2ccsc2)c1. The minimum atomic E-state index is -3.62. The minimum absolute atomic E-state index is 0.120. The lowest BCUT2D eigenvalue weighted by Gasteiger charge is -2.10. The van der Waals surface area contributed by atoms with Gasteiger partial charge in [0.05, 0.1) is 5.02 Å². The molecule has 0 aliphatic carbocycles. The van der Waals surface area contributed by atoms with Crippen LogP contribution in [0.2, 0.25) is 5.02 Å². The van der Waals surface area contributed by atoms with Gasteiger partial charge in [-0.15, -0.1) is 0 Å².